The van der Waals surface area contributed by atoms with Crippen LogP contribution >= 0.6 is 0 Å². The summed E-state index contributed by atoms with van der Waals surface area (Å²) in [6, 6.07) is -0.238. The average Bonchev–Trinajstić information content (AvgIpc) is 3.00. The van der Waals surface area contributed by atoms with E-state index in [1.165, 1.54) is 25.4 Å². The highest BCUT2D eigenvalue weighted by atomic mass is 19.4. The molecule has 1 aliphatic heterocycles. The Hall–Kier alpha value is -3.41. The van der Waals surface area contributed by atoms with Gasteiger partial charge in [0.1, 0.15) is 17.2 Å². The third-order valence-corrected chi connectivity index (χ3v) is 5.04. The SMILES string of the molecule is Cc1c(C(NC(=O)Nc2cnc(N3CC(C)(O)C3)nc2)C(F)(F)F)oc2ccc(F)cc12. The molecule has 3 N–H and O–H groups in total. The summed E-state index contributed by atoms with van der Waals surface area (Å²) in [7, 11) is 0. The zero-order valence-electron chi connectivity index (χ0n) is 17.0. The van der Waals surface area contributed by atoms with E-state index in [2.05, 4.69) is 15.3 Å². The molecule has 1 atom stereocenters. The minimum atomic E-state index is -4.87. The van der Waals surface area contributed by atoms with E-state index in [-0.39, 0.29) is 22.2 Å². The number of carbonyl (C=O) groups excluding carboxylic acids is 1. The molecule has 1 unspecified atom stereocenters. The number of nitrogens with one attached hydrogen (secondary N) is 2. The number of aryl methyl sites for hydroxylation is 1. The van der Waals surface area contributed by atoms with E-state index >= 15 is 0 Å². The van der Waals surface area contributed by atoms with Gasteiger partial charge in [-0.2, -0.15) is 13.2 Å². The van der Waals surface area contributed by atoms with Crippen molar-refractivity contribution in [1.29, 1.82) is 0 Å². The van der Waals surface area contributed by atoms with Gasteiger partial charge in [0, 0.05) is 10.9 Å². The van der Waals surface area contributed by atoms with Crippen LogP contribution in [-0.4, -0.2) is 46.0 Å². The molecule has 32 heavy (non-hydrogen) atoms. The Morgan fingerprint density at radius 1 is 1.28 bits per heavy atom. The van der Waals surface area contributed by atoms with Crippen LogP contribution in [-0.2, 0) is 0 Å². The van der Waals surface area contributed by atoms with Crippen LogP contribution in [0.15, 0.2) is 35.0 Å². The lowest BCUT2D eigenvalue weighted by molar-refractivity contribution is -0.158. The lowest BCUT2D eigenvalue weighted by atomic mass is 9.98. The summed E-state index contributed by atoms with van der Waals surface area (Å²) in [5, 5.41) is 14.0. The van der Waals surface area contributed by atoms with Gasteiger partial charge in [0.25, 0.3) is 0 Å². The first-order valence-electron chi connectivity index (χ1n) is 9.55. The van der Waals surface area contributed by atoms with Gasteiger partial charge in [-0.15, -0.1) is 0 Å². The van der Waals surface area contributed by atoms with Crippen molar-refractivity contribution in [2.45, 2.75) is 31.7 Å². The van der Waals surface area contributed by atoms with E-state index < -0.39 is 35.4 Å². The fourth-order valence-electron chi connectivity index (χ4n) is 3.55. The molecule has 1 fully saturated rings. The van der Waals surface area contributed by atoms with Gasteiger partial charge in [-0.3, -0.25) is 0 Å². The molecule has 0 saturated carbocycles. The minimum absolute atomic E-state index is 0.0697. The standard InChI is InChI=1S/C20H19F4N5O3/c1-10-13-5-11(21)3-4-14(13)32-15(10)16(20(22,23)24)28-18(30)27-12-6-25-17(26-7-12)29-8-19(2,31)9-29/h3-7,16,31H,8-9H2,1-2H3,(H2,27,28,30). The number of carbonyl (C=O) groups is 1. The van der Waals surface area contributed by atoms with Crippen LogP contribution < -0.4 is 15.5 Å². The second kappa shape index (κ2) is 7.62. The lowest BCUT2D eigenvalue weighted by Crippen LogP contribution is -2.60. The smallest absolute Gasteiger partial charge is 0.416 e. The number of urea groups is 1. The number of nitrogens with zero attached hydrogens (tertiary/aromatic N) is 3. The van der Waals surface area contributed by atoms with Gasteiger partial charge < -0.3 is 25.1 Å². The van der Waals surface area contributed by atoms with Crippen molar-refractivity contribution in [3.05, 3.63) is 47.7 Å². The molecule has 2 aromatic heterocycles. The van der Waals surface area contributed by atoms with Crippen LogP contribution in [0.3, 0.4) is 0 Å². The Balaban J connectivity index is 1.49. The largest absolute Gasteiger partial charge is 0.458 e. The number of furan rings is 1. The van der Waals surface area contributed by atoms with E-state index in [9.17, 15) is 27.5 Å². The summed E-state index contributed by atoms with van der Waals surface area (Å²) in [4.78, 5) is 22.1. The van der Waals surface area contributed by atoms with Crippen LogP contribution in [0.5, 0.6) is 0 Å². The maximum atomic E-state index is 13.7. The summed E-state index contributed by atoms with van der Waals surface area (Å²) >= 11 is 0. The van der Waals surface area contributed by atoms with E-state index in [4.69, 9.17) is 4.42 Å². The number of fused-ring (bicyclic) bond motifs is 1. The van der Waals surface area contributed by atoms with Crippen LogP contribution in [0.4, 0.5) is 34.0 Å². The van der Waals surface area contributed by atoms with Crippen LogP contribution in [0.25, 0.3) is 11.0 Å². The molecule has 3 heterocycles. The second-order valence-corrected chi connectivity index (χ2v) is 7.93. The first-order chi connectivity index (χ1) is 14.9. The third-order valence-electron chi connectivity index (χ3n) is 5.04. The molecule has 8 nitrogen and oxygen atoms in total. The Kier molecular flexibility index (Phi) is 5.19. The maximum Gasteiger partial charge on any atom is 0.416 e. The lowest BCUT2D eigenvalue weighted by Gasteiger charge is -2.44. The van der Waals surface area contributed by atoms with Gasteiger partial charge >= 0.3 is 12.2 Å². The number of aliphatic hydroxyl groups is 1. The molecule has 2 amide bonds. The van der Waals surface area contributed by atoms with Gasteiger partial charge in [0.2, 0.25) is 5.95 Å². The number of aromatic nitrogens is 2. The van der Waals surface area contributed by atoms with E-state index in [1.54, 1.807) is 11.8 Å². The average molecular weight is 453 g/mol. The van der Waals surface area contributed by atoms with Crippen molar-refractivity contribution >= 4 is 28.6 Å². The predicted octanol–water partition coefficient (Wildman–Crippen LogP) is 3.67. The van der Waals surface area contributed by atoms with E-state index in [0.717, 1.165) is 12.1 Å². The molecule has 1 aromatic carbocycles. The molecule has 12 heteroatoms. The van der Waals surface area contributed by atoms with Crippen molar-refractivity contribution in [2.24, 2.45) is 0 Å². The number of hydrogen-bond acceptors (Lipinski definition) is 6. The first kappa shape index (κ1) is 21.8. The van der Waals surface area contributed by atoms with Gasteiger partial charge in [0.05, 0.1) is 36.8 Å². The zero-order chi connectivity index (χ0) is 23.3. The molecule has 0 spiro atoms. The normalized spacial score (nSPS) is 16.5. The topological polar surface area (TPSA) is 104 Å². The number of amides is 2. The highest BCUT2D eigenvalue weighted by molar-refractivity contribution is 5.89. The highest BCUT2D eigenvalue weighted by Gasteiger charge is 2.45. The van der Waals surface area contributed by atoms with Crippen molar-refractivity contribution in [3.63, 3.8) is 0 Å². The monoisotopic (exact) mass is 453 g/mol. The number of hydrogen-bond donors (Lipinski definition) is 3. The highest BCUT2D eigenvalue weighted by Crippen LogP contribution is 2.38. The summed E-state index contributed by atoms with van der Waals surface area (Å²) in [6.07, 6.45) is -2.39. The molecular formula is C20H19F4N5O3. The maximum absolute atomic E-state index is 13.7. The summed E-state index contributed by atoms with van der Waals surface area (Å²) in [5.41, 5.74) is -0.611. The van der Waals surface area contributed by atoms with Crippen LogP contribution in [0.2, 0.25) is 0 Å². The molecule has 0 radical (unpaired) electrons. The summed E-state index contributed by atoms with van der Waals surface area (Å²) in [5.74, 6) is -0.835. The number of halogens is 4. The molecule has 1 aliphatic rings. The van der Waals surface area contributed by atoms with Crippen molar-refractivity contribution in [3.8, 4) is 0 Å². The number of benzene rings is 1. The predicted molar refractivity (Wildman–Crippen MR) is 107 cm³/mol. The second-order valence-electron chi connectivity index (χ2n) is 7.93. The molecule has 0 bridgehead atoms. The van der Waals surface area contributed by atoms with Crippen LogP contribution in [0, 0.1) is 12.7 Å². The van der Waals surface area contributed by atoms with Gasteiger partial charge in [-0.25, -0.2) is 19.2 Å². The van der Waals surface area contributed by atoms with Gasteiger partial charge in [-0.1, -0.05) is 0 Å². The van der Waals surface area contributed by atoms with E-state index in [1.807, 2.05) is 5.32 Å². The number of rotatable bonds is 4. The minimum Gasteiger partial charge on any atom is -0.458 e. The first-order valence-corrected chi connectivity index (χ1v) is 9.55. The van der Waals surface area contributed by atoms with Crippen LogP contribution in [0.1, 0.15) is 24.3 Å². The summed E-state index contributed by atoms with van der Waals surface area (Å²) < 4.78 is 59.9. The Bertz CT molecular complexity index is 1150. The Morgan fingerprint density at radius 3 is 2.53 bits per heavy atom. The van der Waals surface area contributed by atoms with Crippen molar-refractivity contribution < 1.29 is 31.9 Å². The van der Waals surface area contributed by atoms with Crippen molar-refractivity contribution in [2.75, 3.05) is 23.3 Å². The molecule has 170 valence electrons. The number of β-amino-alcohol motifs (C(OH)–C–C–N with tert-alkyl or cyclic N) is 1. The molecule has 3 aromatic rings. The zero-order valence-corrected chi connectivity index (χ0v) is 17.0. The molecular weight excluding hydrogens is 434 g/mol. The van der Waals surface area contributed by atoms with E-state index in [0.29, 0.717) is 19.0 Å². The molecule has 1 saturated heterocycles. The molecule has 4 rings (SSSR count). The Labute approximate surface area is 179 Å². The quantitative estimate of drug-likeness (QED) is 0.521. The number of alkyl halides is 3. The van der Waals surface area contributed by atoms with Crippen molar-refractivity contribution in [1.82, 2.24) is 15.3 Å². The fourth-order valence-corrected chi connectivity index (χ4v) is 3.55. The fraction of sp³-hybridized carbons (Fsp3) is 0.350. The number of anilines is 2. The Morgan fingerprint density at radius 2 is 1.94 bits per heavy atom. The van der Waals surface area contributed by atoms with Gasteiger partial charge in [0.15, 0.2) is 6.04 Å². The third kappa shape index (κ3) is 4.31. The summed E-state index contributed by atoms with van der Waals surface area (Å²) in [6.45, 7) is 3.71. The van der Waals surface area contributed by atoms with Gasteiger partial charge in [-0.05, 0) is 32.0 Å². The molecule has 0 aliphatic carbocycles.